The van der Waals surface area contributed by atoms with E-state index in [0.717, 1.165) is 0 Å². The number of pyridine rings is 1. The predicted octanol–water partition coefficient (Wildman–Crippen LogP) is 1.40. The molecule has 0 saturated carbocycles. The highest BCUT2D eigenvalue weighted by molar-refractivity contribution is 5.94. The van der Waals surface area contributed by atoms with Gasteiger partial charge in [-0.05, 0) is 30.2 Å². The number of halogens is 1. The Labute approximate surface area is 140 Å². The first-order valence-corrected chi connectivity index (χ1v) is 7.72. The van der Waals surface area contributed by atoms with Gasteiger partial charge < -0.3 is 15.7 Å². The second-order valence-corrected chi connectivity index (χ2v) is 5.93. The predicted molar refractivity (Wildman–Crippen MR) is 90.0 cm³/mol. The summed E-state index contributed by atoms with van der Waals surface area (Å²) < 4.78 is 13.7. The van der Waals surface area contributed by atoms with Crippen LogP contribution in [0.15, 0.2) is 42.6 Å². The Morgan fingerprint density at radius 2 is 1.96 bits per heavy atom. The van der Waals surface area contributed by atoms with Crippen LogP contribution in [0.5, 0.6) is 0 Å². The topological polar surface area (TPSA) is 79.5 Å². The summed E-state index contributed by atoms with van der Waals surface area (Å²) in [6, 6.07) is 9.01. The number of nitrogens with two attached hydrogens (primary N) is 1. The number of nitrogens with zero attached hydrogens (tertiary/aromatic N) is 2. The summed E-state index contributed by atoms with van der Waals surface area (Å²) in [7, 11) is 3.30. The van der Waals surface area contributed by atoms with E-state index in [1.807, 2.05) is 0 Å². The molecule has 24 heavy (non-hydrogen) atoms. The Morgan fingerprint density at radius 1 is 1.25 bits per heavy atom. The number of hydrogen-bond donors (Lipinski definition) is 2. The second kappa shape index (κ2) is 7.99. The Balaban J connectivity index is 2.11. The Bertz CT molecular complexity index is 706. The molecular formula is C18H22FN3O2. The Morgan fingerprint density at radius 3 is 2.62 bits per heavy atom. The molecule has 0 fully saturated rings. The monoisotopic (exact) mass is 331 g/mol. The minimum Gasteiger partial charge on any atom is -0.391 e. The van der Waals surface area contributed by atoms with Crippen molar-refractivity contribution in [1.82, 2.24) is 9.88 Å². The van der Waals surface area contributed by atoms with E-state index < -0.39 is 12.1 Å². The highest BCUT2D eigenvalue weighted by atomic mass is 19.1. The SMILES string of the molecule is CN(C)C(=O)c1cccnc1CC(O)C(N)Cc1ccccc1F. The summed E-state index contributed by atoms with van der Waals surface area (Å²) in [5, 5.41) is 10.4. The molecule has 0 aliphatic heterocycles. The smallest absolute Gasteiger partial charge is 0.255 e. The van der Waals surface area contributed by atoms with Gasteiger partial charge in [0.25, 0.3) is 5.91 Å². The largest absolute Gasteiger partial charge is 0.391 e. The van der Waals surface area contributed by atoms with E-state index in [-0.39, 0.29) is 24.6 Å². The zero-order valence-corrected chi connectivity index (χ0v) is 13.8. The van der Waals surface area contributed by atoms with Crippen LogP contribution in [0.25, 0.3) is 0 Å². The number of amides is 1. The molecule has 2 unspecified atom stereocenters. The van der Waals surface area contributed by atoms with Crippen molar-refractivity contribution < 1.29 is 14.3 Å². The quantitative estimate of drug-likeness (QED) is 0.838. The van der Waals surface area contributed by atoms with Gasteiger partial charge in [0.15, 0.2) is 0 Å². The lowest BCUT2D eigenvalue weighted by molar-refractivity contribution is 0.0824. The van der Waals surface area contributed by atoms with E-state index in [9.17, 15) is 14.3 Å². The molecule has 6 heteroatoms. The molecule has 0 aliphatic carbocycles. The number of aliphatic hydroxyl groups is 1. The molecule has 0 saturated heterocycles. The molecule has 5 nitrogen and oxygen atoms in total. The van der Waals surface area contributed by atoms with Gasteiger partial charge in [-0.1, -0.05) is 18.2 Å². The summed E-state index contributed by atoms with van der Waals surface area (Å²) in [4.78, 5) is 17.8. The van der Waals surface area contributed by atoms with Gasteiger partial charge in [0, 0.05) is 32.8 Å². The van der Waals surface area contributed by atoms with Crippen LogP contribution in [0.1, 0.15) is 21.6 Å². The van der Waals surface area contributed by atoms with Crippen molar-refractivity contribution in [3.63, 3.8) is 0 Å². The van der Waals surface area contributed by atoms with E-state index in [2.05, 4.69) is 4.98 Å². The zero-order chi connectivity index (χ0) is 17.7. The summed E-state index contributed by atoms with van der Waals surface area (Å²) in [5.74, 6) is -0.533. The first-order chi connectivity index (χ1) is 11.4. The fourth-order valence-corrected chi connectivity index (χ4v) is 2.44. The molecule has 128 valence electrons. The fourth-order valence-electron chi connectivity index (χ4n) is 2.44. The van der Waals surface area contributed by atoms with Gasteiger partial charge in [0.05, 0.1) is 17.4 Å². The van der Waals surface area contributed by atoms with Gasteiger partial charge in [0.2, 0.25) is 0 Å². The third kappa shape index (κ3) is 4.37. The fraction of sp³-hybridized carbons (Fsp3) is 0.333. The van der Waals surface area contributed by atoms with Gasteiger partial charge in [-0.2, -0.15) is 0 Å². The van der Waals surface area contributed by atoms with E-state index in [0.29, 0.717) is 16.8 Å². The van der Waals surface area contributed by atoms with Crippen LogP contribution in [0.2, 0.25) is 0 Å². The molecular weight excluding hydrogens is 309 g/mol. The average Bonchev–Trinajstić information content (AvgIpc) is 2.56. The van der Waals surface area contributed by atoms with Gasteiger partial charge >= 0.3 is 0 Å². The van der Waals surface area contributed by atoms with Crippen LogP contribution < -0.4 is 5.73 Å². The summed E-state index contributed by atoms with van der Waals surface area (Å²) in [6.07, 6.45) is 0.966. The van der Waals surface area contributed by atoms with Crippen molar-refractivity contribution in [1.29, 1.82) is 0 Å². The number of carbonyl (C=O) groups excluding carboxylic acids is 1. The van der Waals surface area contributed by atoms with Crippen molar-refractivity contribution in [2.24, 2.45) is 5.73 Å². The lowest BCUT2D eigenvalue weighted by Gasteiger charge is -2.20. The van der Waals surface area contributed by atoms with E-state index >= 15 is 0 Å². The van der Waals surface area contributed by atoms with Crippen LogP contribution in [0.3, 0.4) is 0 Å². The molecule has 1 aromatic carbocycles. The minimum absolute atomic E-state index is 0.130. The number of benzene rings is 1. The van der Waals surface area contributed by atoms with Crippen molar-refractivity contribution in [3.05, 3.63) is 65.2 Å². The highest BCUT2D eigenvalue weighted by Crippen LogP contribution is 2.14. The summed E-state index contributed by atoms with van der Waals surface area (Å²) in [5.41, 5.74) is 7.38. The van der Waals surface area contributed by atoms with Crippen LogP contribution in [-0.4, -0.2) is 47.1 Å². The summed E-state index contributed by atoms with van der Waals surface area (Å²) >= 11 is 0. The lowest BCUT2D eigenvalue weighted by Crippen LogP contribution is -2.39. The highest BCUT2D eigenvalue weighted by Gasteiger charge is 2.21. The Hall–Kier alpha value is -2.31. The van der Waals surface area contributed by atoms with Crippen LogP contribution >= 0.6 is 0 Å². The molecule has 0 radical (unpaired) electrons. The van der Waals surface area contributed by atoms with Crippen molar-refractivity contribution in [2.75, 3.05) is 14.1 Å². The van der Waals surface area contributed by atoms with Gasteiger partial charge in [-0.25, -0.2) is 4.39 Å². The van der Waals surface area contributed by atoms with Crippen molar-refractivity contribution in [2.45, 2.75) is 25.0 Å². The third-order valence-electron chi connectivity index (χ3n) is 3.84. The number of aromatic nitrogens is 1. The minimum atomic E-state index is -0.937. The average molecular weight is 331 g/mol. The molecule has 3 N–H and O–H groups in total. The molecule has 2 rings (SSSR count). The van der Waals surface area contributed by atoms with Crippen molar-refractivity contribution in [3.8, 4) is 0 Å². The van der Waals surface area contributed by atoms with E-state index in [4.69, 9.17) is 5.73 Å². The molecule has 1 aromatic heterocycles. The number of aliphatic hydroxyl groups excluding tert-OH is 1. The maximum Gasteiger partial charge on any atom is 0.255 e. The van der Waals surface area contributed by atoms with Crippen molar-refractivity contribution >= 4 is 5.91 Å². The molecule has 0 spiro atoms. The Kier molecular flexibility index (Phi) is 6.00. The van der Waals surface area contributed by atoms with Gasteiger partial charge in [-0.15, -0.1) is 0 Å². The normalized spacial score (nSPS) is 13.4. The zero-order valence-electron chi connectivity index (χ0n) is 13.8. The summed E-state index contributed by atoms with van der Waals surface area (Å²) in [6.45, 7) is 0. The third-order valence-corrected chi connectivity index (χ3v) is 3.84. The molecule has 0 bridgehead atoms. The molecule has 1 amide bonds. The van der Waals surface area contributed by atoms with Gasteiger partial charge in [0.1, 0.15) is 5.82 Å². The number of hydrogen-bond acceptors (Lipinski definition) is 4. The molecule has 0 aliphatic rings. The first-order valence-electron chi connectivity index (χ1n) is 7.72. The van der Waals surface area contributed by atoms with Crippen LogP contribution in [-0.2, 0) is 12.8 Å². The molecule has 2 aromatic rings. The van der Waals surface area contributed by atoms with E-state index in [1.54, 1.807) is 50.6 Å². The van der Waals surface area contributed by atoms with E-state index in [1.165, 1.54) is 11.0 Å². The maximum atomic E-state index is 13.7. The maximum absolute atomic E-state index is 13.7. The van der Waals surface area contributed by atoms with Gasteiger partial charge in [-0.3, -0.25) is 9.78 Å². The number of rotatable bonds is 6. The standard InChI is InChI=1S/C18H22FN3O2/c1-22(2)18(24)13-7-5-9-21-16(13)11-17(23)15(20)10-12-6-3-4-8-14(12)19/h3-9,15,17,23H,10-11,20H2,1-2H3. The molecule has 2 atom stereocenters. The first kappa shape index (κ1) is 18.0. The lowest BCUT2D eigenvalue weighted by atomic mass is 9.97. The second-order valence-electron chi connectivity index (χ2n) is 5.93. The van der Waals surface area contributed by atoms with Crippen LogP contribution in [0.4, 0.5) is 4.39 Å². The van der Waals surface area contributed by atoms with Crippen LogP contribution in [0, 0.1) is 5.82 Å². The molecule has 1 heterocycles. The number of carbonyl (C=O) groups is 1.